The van der Waals surface area contributed by atoms with Crippen molar-refractivity contribution in [2.24, 2.45) is 0 Å². The van der Waals surface area contributed by atoms with Gasteiger partial charge in [0.05, 0.1) is 13.7 Å². The zero-order chi connectivity index (χ0) is 19.2. The Kier molecular flexibility index (Phi) is 5.91. The summed E-state index contributed by atoms with van der Waals surface area (Å²) in [5, 5.41) is 5.47. The van der Waals surface area contributed by atoms with Gasteiger partial charge in [0.2, 0.25) is 0 Å². The largest absolute Gasteiger partial charge is 0.496 e. The van der Waals surface area contributed by atoms with Gasteiger partial charge in [-0.25, -0.2) is 4.79 Å². The standard InChI is InChI=1S/C22H24N2O3/c1-4-27-22(25)15(2)24-20-11-12-23-14-17(20)13-16-9-10-21(26-3)19-8-6-5-7-18(16)19/h5-12,14-15H,4,13H2,1-3H3,(H,23,24). The van der Waals surface area contributed by atoms with Crippen molar-refractivity contribution in [1.29, 1.82) is 0 Å². The second kappa shape index (κ2) is 8.54. The first-order valence-electron chi connectivity index (χ1n) is 9.04. The number of ether oxygens (including phenoxy) is 2. The quantitative estimate of drug-likeness (QED) is 0.637. The van der Waals surface area contributed by atoms with Gasteiger partial charge in [0.15, 0.2) is 0 Å². The number of rotatable bonds is 7. The number of nitrogens with one attached hydrogen (secondary N) is 1. The van der Waals surface area contributed by atoms with E-state index in [9.17, 15) is 4.79 Å². The van der Waals surface area contributed by atoms with Crippen molar-refractivity contribution in [3.05, 3.63) is 66.0 Å². The highest BCUT2D eigenvalue weighted by Gasteiger charge is 2.16. The first-order chi connectivity index (χ1) is 13.1. The second-order valence-corrected chi connectivity index (χ2v) is 6.30. The Labute approximate surface area is 159 Å². The fourth-order valence-electron chi connectivity index (χ4n) is 3.14. The van der Waals surface area contributed by atoms with Gasteiger partial charge in [-0.2, -0.15) is 0 Å². The molecule has 140 valence electrons. The molecule has 0 saturated heterocycles. The molecule has 1 N–H and O–H groups in total. The number of esters is 1. The van der Waals surface area contributed by atoms with Gasteiger partial charge < -0.3 is 14.8 Å². The number of anilines is 1. The molecule has 3 rings (SSSR count). The topological polar surface area (TPSA) is 60.5 Å². The first-order valence-corrected chi connectivity index (χ1v) is 9.04. The van der Waals surface area contributed by atoms with Crippen LogP contribution >= 0.6 is 0 Å². The summed E-state index contributed by atoms with van der Waals surface area (Å²) in [5.41, 5.74) is 3.07. The van der Waals surface area contributed by atoms with Gasteiger partial charge in [0.25, 0.3) is 0 Å². The molecule has 0 amide bonds. The third-order valence-electron chi connectivity index (χ3n) is 4.49. The van der Waals surface area contributed by atoms with E-state index in [1.54, 1.807) is 27.2 Å². The molecule has 27 heavy (non-hydrogen) atoms. The lowest BCUT2D eigenvalue weighted by Crippen LogP contribution is -2.28. The molecule has 1 unspecified atom stereocenters. The van der Waals surface area contributed by atoms with Crippen LogP contribution in [-0.2, 0) is 16.0 Å². The lowest BCUT2D eigenvalue weighted by atomic mass is 9.97. The maximum Gasteiger partial charge on any atom is 0.328 e. The lowest BCUT2D eigenvalue weighted by molar-refractivity contribution is -0.143. The van der Waals surface area contributed by atoms with Gasteiger partial charge in [-0.1, -0.05) is 30.3 Å². The van der Waals surface area contributed by atoms with E-state index < -0.39 is 6.04 Å². The molecule has 1 aromatic heterocycles. The van der Waals surface area contributed by atoms with Crippen molar-refractivity contribution in [1.82, 2.24) is 4.98 Å². The van der Waals surface area contributed by atoms with Crippen molar-refractivity contribution >= 4 is 22.4 Å². The average molecular weight is 364 g/mol. The number of nitrogens with zero attached hydrogens (tertiary/aromatic N) is 1. The smallest absolute Gasteiger partial charge is 0.328 e. The van der Waals surface area contributed by atoms with Crippen LogP contribution < -0.4 is 10.1 Å². The van der Waals surface area contributed by atoms with Crippen molar-refractivity contribution < 1.29 is 14.3 Å². The molecular formula is C22H24N2O3. The fraction of sp³-hybridized carbons (Fsp3) is 0.273. The summed E-state index contributed by atoms with van der Waals surface area (Å²) in [6, 6.07) is 13.7. The number of pyridine rings is 1. The highest BCUT2D eigenvalue weighted by Crippen LogP contribution is 2.30. The monoisotopic (exact) mass is 364 g/mol. The number of carbonyl (C=O) groups is 1. The van der Waals surface area contributed by atoms with Crippen LogP contribution in [-0.4, -0.2) is 30.7 Å². The normalized spacial score (nSPS) is 11.8. The molecule has 0 aliphatic heterocycles. The number of carbonyl (C=O) groups excluding carboxylic acids is 1. The number of hydrogen-bond acceptors (Lipinski definition) is 5. The van der Waals surface area contributed by atoms with E-state index in [-0.39, 0.29) is 5.97 Å². The van der Waals surface area contributed by atoms with Crippen LogP contribution in [0.5, 0.6) is 5.75 Å². The molecule has 0 saturated carbocycles. The third-order valence-corrected chi connectivity index (χ3v) is 4.49. The van der Waals surface area contributed by atoms with Crippen molar-refractivity contribution in [2.45, 2.75) is 26.3 Å². The fourth-order valence-corrected chi connectivity index (χ4v) is 3.14. The Morgan fingerprint density at radius 2 is 1.89 bits per heavy atom. The maximum atomic E-state index is 11.9. The van der Waals surface area contributed by atoms with Crippen molar-refractivity contribution in [3.63, 3.8) is 0 Å². The predicted molar refractivity (Wildman–Crippen MR) is 107 cm³/mol. The molecule has 5 nitrogen and oxygen atoms in total. The van der Waals surface area contributed by atoms with Gasteiger partial charge in [0, 0.05) is 29.9 Å². The molecule has 1 atom stereocenters. The Hall–Kier alpha value is -3.08. The second-order valence-electron chi connectivity index (χ2n) is 6.30. The molecule has 5 heteroatoms. The van der Waals surface area contributed by atoms with Crippen LogP contribution in [0.25, 0.3) is 10.8 Å². The number of aromatic nitrogens is 1. The molecular weight excluding hydrogens is 340 g/mol. The van der Waals surface area contributed by atoms with Crippen LogP contribution in [0.15, 0.2) is 54.9 Å². The molecule has 0 spiro atoms. The zero-order valence-corrected chi connectivity index (χ0v) is 15.9. The SMILES string of the molecule is CCOC(=O)C(C)Nc1ccncc1Cc1ccc(OC)c2ccccc12. The van der Waals surface area contributed by atoms with E-state index in [4.69, 9.17) is 9.47 Å². The predicted octanol–water partition coefficient (Wildman–Crippen LogP) is 4.20. The maximum absolute atomic E-state index is 11.9. The van der Waals surface area contributed by atoms with E-state index in [0.29, 0.717) is 13.0 Å². The highest BCUT2D eigenvalue weighted by molar-refractivity contribution is 5.91. The Morgan fingerprint density at radius 1 is 1.11 bits per heavy atom. The Morgan fingerprint density at radius 3 is 2.63 bits per heavy atom. The first kappa shape index (κ1) is 18.7. The number of hydrogen-bond donors (Lipinski definition) is 1. The summed E-state index contributed by atoms with van der Waals surface area (Å²) in [5.74, 6) is 0.588. The van der Waals surface area contributed by atoms with E-state index in [2.05, 4.69) is 28.5 Å². The summed E-state index contributed by atoms with van der Waals surface area (Å²) in [6.45, 7) is 3.97. The van der Waals surface area contributed by atoms with Crippen LogP contribution in [0, 0.1) is 0 Å². The van der Waals surface area contributed by atoms with Gasteiger partial charge >= 0.3 is 5.97 Å². The van der Waals surface area contributed by atoms with Crippen molar-refractivity contribution in [2.75, 3.05) is 19.0 Å². The number of benzene rings is 2. The van der Waals surface area contributed by atoms with Crippen LogP contribution in [0.3, 0.4) is 0 Å². The molecule has 0 aliphatic carbocycles. The summed E-state index contributed by atoms with van der Waals surface area (Å²) in [4.78, 5) is 16.2. The Balaban J connectivity index is 1.91. The Bertz CT molecular complexity index is 940. The van der Waals surface area contributed by atoms with E-state index in [1.165, 1.54) is 5.56 Å². The molecule has 0 fully saturated rings. The van der Waals surface area contributed by atoms with Gasteiger partial charge in [0.1, 0.15) is 11.8 Å². The highest BCUT2D eigenvalue weighted by atomic mass is 16.5. The molecule has 0 radical (unpaired) electrons. The summed E-state index contributed by atoms with van der Waals surface area (Å²) < 4.78 is 10.6. The van der Waals surface area contributed by atoms with Crippen LogP contribution in [0.4, 0.5) is 5.69 Å². The lowest BCUT2D eigenvalue weighted by Gasteiger charge is -2.17. The minimum atomic E-state index is -0.432. The molecule has 1 heterocycles. The van der Waals surface area contributed by atoms with E-state index in [0.717, 1.165) is 27.8 Å². The van der Waals surface area contributed by atoms with Gasteiger partial charge in [-0.3, -0.25) is 4.98 Å². The summed E-state index contributed by atoms with van der Waals surface area (Å²) >= 11 is 0. The van der Waals surface area contributed by atoms with E-state index in [1.807, 2.05) is 30.5 Å². The van der Waals surface area contributed by atoms with Crippen molar-refractivity contribution in [3.8, 4) is 5.75 Å². The zero-order valence-electron chi connectivity index (χ0n) is 15.9. The van der Waals surface area contributed by atoms with Crippen LogP contribution in [0.2, 0.25) is 0 Å². The van der Waals surface area contributed by atoms with Gasteiger partial charge in [-0.15, -0.1) is 0 Å². The summed E-state index contributed by atoms with van der Waals surface area (Å²) in [7, 11) is 1.68. The van der Waals surface area contributed by atoms with Gasteiger partial charge in [-0.05, 0) is 42.5 Å². The molecule has 3 aromatic rings. The van der Waals surface area contributed by atoms with E-state index >= 15 is 0 Å². The minimum Gasteiger partial charge on any atom is -0.496 e. The number of fused-ring (bicyclic) bond motifs is 1. The molecule has 0 aliphatic rings. The molecule has 0 bridgehead atoms. The minimum absolute atomic E-state index is 0.268. The molecule has 2 aromatic carbocycles. The summed E-state index contributed by atoms with van der Waals surface area (Å²) in [6.07, 6.45) is 4.24. The van der Waals surface area contributed by atoms with Crippen LogP contribution in [0.1, 0.15) is 25.0 Å². The third kappa shape index (κ3) is 4.19. The average Bonchev–Trinajstić information content (AvgIpc) is 2.70. The number of methoxy groups -OCH3 is 1.